The molecule has 4 saturated heterocycles. The standard InChI is InChI=1S/C32H47F2N7O3.C2H6/c1-3-29(42)40-12-10-38(11-13-40)27-18-41-25(27)8-4-6-23-26(41)16-28(37-30(23)31(33)34)39-9-5-7-24(22(2)17-35)36-19-32(20-43-21-32)44-15-14-39;1-2/h3,16,25,27,31,36H,1,4-15,17-21,35H2,2H3;1-2H3/b24-22-;/t25?,27-;/m1./s1. The van der Waals surface area contributed by atoms with Crippen LogP contribution in [0.4, 0.5) is 20.3 Å². The molecule has 10 nitrogen and oxygen atoms in total. The Labute approximate surface area is 272 Å². The number of piperazine rings is 1. The maximum absolute atomic E-state index is 14.6. The molecule has 5 aliphatic heterocycles. The zero-order valence-electron chi connectivity index (χ0n) is 27.9. The third-order valence-electron chi connectivity index (χ3n) is 10.2. The molecular weight excluding hydrogens is 592 g/mol. The van der Waals surface area contributed by atoms with E-state index in [1.54, 1.807) is 0 Å². The number of halogens is 2. The van der Waals surface area contributed by atoms with Crippen molar-refractivity contribution in [1.82, 2.24) is 20.1 Å². The average molecular weight is 646 g/mol. The molecule has 0 radical (unpaired) electrons. The molecule has 1 spiro atoms. The normalized spacial score (nSPS) is 26.2. The van der Waals surface area contributed by atoms with Crippen LogP contribution in [0.25, 0.3) is 0 Å². The molecule has 1 aromatic rings. The first-order chi connectivity index (χ1) is 22.3. The van der Waals surface area contributed by atoms with E-state index in [2.05, 4.69) is 37.6 Å². The predicted molar refractivity (Wildman–Crippen MR) is 177 cm³/mol. The van der Waals surface area contributed by atoms with Crippen molar-refractivity contribution in [3.63, 3.8) is 0 Å². The number of carbonyl (C=O) groups is 1. The summed E-state index contributed by atoms with van der Waals surface area (Å²) in [4.78, 5) is 25.5. The van der Waals surface area contributed by atoms with Gasteiger partial charge in [0.15, 0.2) is 0 Å². The first-order valence-corrected chi connectivity index (χ1v) is 17.2. The van der Waals surface area contributed by atoms with Crippen molar-refractivity contribution in [3.8, 4) is 0 Å². The van der Waals surface area contributed by atoms with Crippen LogP contribution in [0.1, 0.15) is 64.1 Å². The monoisotopic (exact) mass is 645 g/mol. The molecule has 3 N–H and O–H groups in total. The summed E-state index contributed by atoms with van der Waals surface area (Å²) < 4.78 is 41.1. The largest absolute Gasteiger partial charge is 0.385 e. The van der Waals surface area contributed by atoms with E-state index >= 15 is 0 Å². The molecule has 0 bridgehead atoms. The summed E-state index contributed by atoms with van der Waals surface area (Å²) in [7, 11) is 0. The number of rotatable bonds is 5. The molecule has 1 aromatic heterocycles. The Bertz CT molecular complexity index is 1250. The number of fused-ring (bicyclic) bond motifs is 3. The van der Waals surface area contributed by atoms with Crippen LogP contribution in [0.3, 0.4) is 0 Å². The van der Waals surface area contributed by atoms with Gasteiger partial charge in [-0.05, 0) is 50.7 Å². The van der Waals surface area contributed by atoms with Gasteiger partial charge in [0.2, 0.25) is 5.91 Å². The highest BCUT2D eigenvalue weighted by Gasteiger charge is 2.46. The second kappa shape index (κ2) is 15.4. The van der Waals surface area contributed by atoms with Gasteiger partial charge in [-0.3, -0.25) is 9.69 Å². The molecule has 4 fully saturated rings. The van der Waals surface area contributed by atoms with Gasteiger partial charge < -0.3 is 35.2 Å². The molecule has 0 aliphatic carbocycles. The van der Waals surface area contributed by atoms with Gasteiger partial charge >= 0.3 is 0 Å². The highest BCUT2D eigenvalue weighted by Crippen LogP contribution is 2.43. The molecular formula is C34H53F2N7O3. The van der Waals surface area contributed by atoms with Crippen molar-refractivity contribution in [3.05, 3.63) is 41.2 Å². The molecule has 5 aliphatic rings. The summed E-state index contributed by atoms with van der Waals surface area (Å²) in [5.74, 6) is 0.573. The summed E-state index contributed by atoms with van der Waals surface area (Å²) >= 11 is 0. The summed E-state index contributed by atoms with van der Waals surface area (Å²) in [5.41, 5.74) is 9.34. The van der Waals surface area contributed by atoms with E-state index in [9.17, 15) is 13.6 Å². The Kier molecular flexibility index (Phi) is 11.6. The van der Waals surface area contributed by atoms with Crippen LogP contribution in [-0.4, -0.2) is 117 Å². The number of allylic oxidation sites excluding steroid dienone is 1. The number of alkyl halides is 2. The summed E-state index contributed by atoms with van der Waals surface area (Å²) in [5, 5.41) is 3.57. The van der Waals surface area contributed by atoms with Crippen molar-refractivity contribution >= 4 is 17.4 Å². The van der Waals surface area contributed by atoms with Crippen LogP contribution in [0, 0.1) is 0 Å². The van der Waals surface area contributed by atoms with Crippen molar-refractivity contribution in [1.29, 1.82) is 0 Å². The van der Waals surface area contributed by atoms with Gasteiger partial charge in [0.25, 0.3) is 6.43 Å². The molecule has 6 heterocycles. The second-order valence-corrected chi connectivity index (χ2v) is 12.8. The van der Waals surface area contributed by atoms with Crippen molar-refractivity contribution in [2.45, 2.75) is 77.0 Å². The highest BCUT2D eigenvalue weighted by molar-refractivity contribution is 5.87. The Hall–Kier alpha value is -2.80. The van der Waals surface area contributed by atoms with Crippen LogP contribution in [0.2, 0.25) is 0 Å². The lowest BCUT2D eigenvalue weighted by Crippen LogP contribution is -2.69. The van der Waals surface area contributed by atoms with E-state index in [0.29, 0.717) is 82.9 Å². The predicted octanol–water partition coefficient (Wildman–Crippen LogP) is 3.48. The molecule has 256 valence electrons. The molecule has 46 heavy (non-hydrogen) atoms. The third-order valence-corrected chi connectivity index (χ3v) is 10.2. The van der Waals surface area contributed by atoms with Crippen LogP contribution >= 0.6 is 0 Å². The molecule has 2 atom stereocenters. The minimum absolute atomic E-state index is 0.0198. The minimum Gasteiger partial charge on any atom is -0.385 e. The lowest BCUT2D eigenvalue weighted by Gasteiger charge is -2.55. The summed E-state index contributed by atoms with van der Waals surface area (Å²) in [6.07, 6.45) is 2.79. The third kappa shape index (κ3) is 7.19. The van der Waals surface area contributed by atoms with Gasteiger partial charge in [0, 0.05) is 94.0 Å². The van der Waals surface area contributed by atoms with E-state index in [0.717, 1.165) is 62.3 Å². The average Bonchev–Trinajstić information content (AvgIpc) is 3.21. The quantitative estimate of drug-likeness (QED) is 0.467. The molecule has 1 unspecified atom stereocenters. The maximum Gasteiger partial charge on any atom is 0.280 e. The Morgan fingerprint density at radius 1 is 1.15 bits per heavy atom. The highest BCUT2D eigenvalue weighted by atomic mass is 19.3. The van der Waals surface area contributed by atoms with Crippen molar-refractivity contribution < 1.29 is 23.0 Å². The number of nitrogens with one attached hydrogen (secondary N) is 1. The van der Waals surface area contributed by atoms with E-state index < -0.39 is 12.0 Å². The number of ether oxygens (including phenoxy) is 2. The fourth-order valence-corrected chi connectivity index (χ4v) is 7.39. The topological polar surface area (TPSA) is 99.4 Å². The first kappa shape index (κ1) is 34.5. The van der Waals surface area contributed by atoms with Crippen molar-refractivity contribution in [2.75, 3.05) is 88.5 Å². The Morgan fingerprint density at radius 3 is 2.57 bits per heavy atom. The van der Waals surface area contributed by atoms with Gasteiger partial charge in [0.1, 0.15) is 17.1 Å². The molecule has 12 heteroatoms. The lowest BCUT2D eigenvalue weighted by atomic mass is 9.90. The maximum atomic E-state index is 14.6. The molecule has 0 aromatic carbocycles. The van der Waals surface area contributed by atoms with E-state index in [1.807, 2.05) is 25.7 Å². The van der Waals surface area contributed by atoms with Crippen LogP contribution in [0.15, 0.2) is 30.0 Å². The molecule has 0 saturated carbocycles. The fraction of sp³-hybridized carbons (Fsp3) is 0.706. The number of aromatic nitrogens is 1. The smallest absolute Gasteiger partial charge is 0.280 e. The number of amides is 1. The zero-order chi connectivity index (χ0) is 32.8. The fourth-order valence-electron chi connectivity index (χ4n) is 7.39. The van der Waals surface area contributed by atoms with Gasteiger partial charge in [-0.25, -0.2) is 13.8 Å². The second-order valence-electron chi connectivity index (χ2n) is 12.8. The summed E-state index contributed by atoms with van der Waals surface area (Å²) in [6, 6.07) is 2.67. The number of hydrogen-bond acceptors (Lipinski definition) is 9. The van der Waals surface area contributed by atoms with E-state index in [4.69, 9.17) is 15.2 Å². The molecule has 6 rings (SSSR count). The van der Waals surface area contributed by atoms with Crippen LogP contribution < -0.4 is 20.9 Å². The van der Waals surface area contributed by atoms with E-state index in [1.165, 1.54) is 6.08 Å². The van der Waals surface area contributed by atoms with Crippen LogP contribution in [0.5, 0.6) is 0 Å². The van der Waals surface area contributed by atoms with Gasteiger partial charge in [-0.15, -0.1) is 0 Å². The van der Waals surface area contributed by atoms with Gasteiger partial charge in [-0.1, -0.05) is 20.4 Å². The first-order valence-electron chi connectivity index (χ1n) is 17.2. The number of nitrogens with two attached hydrogens (primary N) is 1. The number of anilines is 2. The van der Waals surface area contributed by atoms with Gasteiger partial charge in [-0.2, -0.15) is 0 Å². The number of pyridine rings is 1. The SMILES string of the molecule is C=CC(=O)N1CCN([C@@H]2CN3c4cc(N5CCC/C(=C(\C)CN)NCC6(COC6)OCC5)nc(C(F)F)c4CCCC23)CC1.CC. The Morgan fingerprint density at radius 2 is 1.91 bits per heavy atom. The number of hydrogen-bond donors (Lipinski definition) is 2. The van der Waals surface area contributed by atoms with E-state index in [-0.39, 0.29) is 17.6 Å². The Balaban J connectivity index is 0.00000204. The van der Waals surface area contributed by atoms with Crippen LogP contribution in [-0.2, 0) is 20.7 Å². The summed E-state index contributed by atoms with van der Waals surface area (Å²) in [6.45, 7) is 17.3. The number of carbonyl (C=O) groups excluding carboxylic acids is 1. The molecule has 1 amide bonds. The minimum atomic E-state index is -2.64. The van der Waals surface area contributed by atoms with Crippen molar-refractivity contribution in [2.24, 2.45) is 5.73 Å². The lowest BCUT2D eigenvalue weighted by molar-refractivity contribution is -0.204. The zero-order valence-corrected chi connectivity index (χ0v) is 27.9. The number of nitrogens with zero attached hydrogens (tertiary/aromatic N) is 5. The van der Waals surface area contributed by atoms with Gasteiger partial charge in [0.05, 0.1) is 19.8 Å².